The molecule has 0 saturated heterocycles. The Labute approximate surface area is 96.8 Å². The molecule has 0 aliphatic carbocycles. The number of aromatic nitrogens is 2. The fourth-order valence-corrected chi connectivity index (χ4v) is 2.05. The van der Waals surface area contributed by atoms with Crippen LogP contribution < -0.4 is 0 Å². The lowest BCUT2D eigenvalue weighted by Crippen LogP contribution is -2.02. The third-order valence-corrected chi connectivity index (χ3v) is 2.75. The molecule has 0 spiro atoms. The summed E-state index contributed by atoms with van der Waals surface area (Å²) in [4.78, 5) is 13.6. The lowest BCUT2D eigenvalue weighted by atomic mass is 10.1. The molecule has 5 nitrogen and oxygen atoms in total. The second-order valence-corrected chi connectivity index (χ2v) is 4.39. The lowest BCUT2D eigenvalue weighted by Gasteiger charge is -2.08. The molecule has 0 amide bonds. The van der Waals surface area contributed by atoms with Gasteiger partial charge in [0.05, 0.1) is 0 Å². The highest BCUT2D eigenvalue weighted by Crippen LogP contribution is 2.12. The Balaban J connectivity index is 2.40. The smallest absolute Gasteiger partial charge is 0.358 e. The van der Waals surface area contributed by atoms with Gasteiger partial charge in [-0.3, -0.25) is 0 Å². The number of alkyl halides is 1. The van der Waals surface area contributed by atoms with Crippen molar-refractivity contribution in [3.63, 3.8) is 0 Å². The van der Waals surface area contributed by atoms with E-state index in [1.54, 1.807) is 4.57 Å². The zero-order chi connectivity index (χ0) is 11.3. The molecular formula is C9H14BrN3O2. The van der Waals surface area contributed by atoms with Crippen LogP contribution in [-0.4, -0.2) is 19.8 Å². The van der Waals surface area contributed by atoms with E-state index in [0.717, 1.165) is 24.7 Å². The summed E-state index contributed by atoms with van der Waals surface area (Å²) < 4.78 is 1.77. The number of rotatable bonds is 6. The van der Waals surface area contributed by atoms with Crippen molar-refractivity contribution in [1.29, 1.82) is 0 Å². The van der Waals surface area contributed by atoms with Crippen molar-refractivity contribution >= 4 is 21.7 Å². The van der Waals surface area contributed by atoms with Crippen LogP contribution in [-0.2, 0) is 6.54 Å². The highest BCUT2D eigenvalue weighted by molar-refractivity contribution is 9.09. The van der Waals surface area contributed by atoms with Crippen molar-refractivity contribution < 1.29 is 4.92 Å². The van der Waals surface area contributed by atoms with Crippen LogP contribution in [0.5, 0.6) is 0 Å². The topological polar surface area (TPSA) is 61.0 Å². The van der Waals surface area contributed by atoms with Crippen LogP contribution >= 0.6 is 15.9 Å². The fourth-order valence-electron chi connectivity index (χ4n) is 1.26. The number of nitro groups is 1. The van der Waals surface area contributed by atoms with Crippen LogP contribution in [0.4, 0.5) is 5.82 Å². The molecule has 0 radical (unpaired) electrons. The van der Waals surface area contributed by atoms with Crippen LogP contribution in [0.1, 0.15) is 19.8 Å². The molecular weight excluding hydrogens is 262 g/mol. The third-order valence-electron chi connectivity index (χ3n) is 2.29. The molecule has 0 saturated carbocycles. The molecule has 1 atom stereocenters. The number of halogens is 1. The highest BCUT2D eigenvalue weighted by atomic mass is 79.9. The Bertz CT molecular complexity index is 327. The minimum atomic E-state index is -0.474. The van der Waals surface area contributed by atoms with E-state index in [4.69, 9.17) is 0 Å². The average molecular weight is 276 g/mol. The van der Waals surface area contributed by atoms with E-state index >= 15 is 0 Å². The summed E-state index contributed by atoms with van der Waals surface area (Å²) in [5, 5.41) is 11.4. The largest absolute Gasteiger partial charge is 0.381 e. The number of hydrogen-bond donors (Lipinski definition) is 0. The van der Waals surface area contributed by atoms with Crippen molar-refractivity contribution in [2.24, 2.45) is 5.92 Å². The molecule has 0 aliphatic rings. The van der Waals surface area contributed by atoms with E-state index in [0.29, 0.717) is 5.92 Å². The monoisotopic (exact) mass is 275 g/mol. The van der Waals surface area contributed by atoms with E-state index in [9.17, 15) is 10.1 Å². The average Bonchev–Trinajstić information content (AvgIpc) is 2.63. The van der Waals surface area contributed by atoms with Gasteiger partial charge in [0.25, 0.3) is 0 Å². The predicted molar refractivity (Wildman–Crippen MR) is 61.1 cm³/mol. The Hall–Kier alpha value is -0.910. The summed E-state index contributed by atoms with van der Waals surface area (Å²) in [5.41, 5.74) is 0. The van der Waals surface area contributed by atoms with Gasteiger partial charge in [-0.1, -0.05) is 22.9 Å². The molecule has 0 aromatic carbocycles. The SMILES string of the molecule is CC(CCBr)CCn1cnc([N+](=O)[O-])c1. The van der Waals surface area contributed by atoms with Gasteiger partial charge in [-0.2, -0.15) is 0 Å². The van der Waals surface area contributed by atoms with Gasteiger partial charge in [-0.15, -0.1) is 0 Å². The third kappa shape index (κ3) is 3.99. The minimum Gasteiger partial charge on any atom is -0.358 e. The van der Waals surface area contributed by atoms with Gasteiger partial charge in [-0.05, 0) is 28.7 Å². The van der Waals surface area contributed by atoms with Crippen LogP contribution in [0, 0.1) is 16.0 Å². The van der Waals surface area contributed by atoms with Gasteiger partial charge in [0, 0.05) is 11.9 Å². The molecule has 1 aromatic rings. The number of nitrogens with zero attached hydrogens (tertiary/aromatic N) is 3. The van der Waals surface area contributed by atoms with Gasteiger partial charge in [0.1, 0.15) is 6.20 Å². The molecule has 0 aliphatic heterocycles. The van der Waals surface area contributed by atoms with E-state index in [2.05, 4.69) is 27.8 Å². The van der Waals surface area contributed by atoms with Crippen LogP contribution in [0.2, 0.25) is 0 Å². The molecule has 84 valence electrons. The molecule has 0 bridgehead atoms. The summed E-state index contributed by atoms with van der Waals surface area (Å²) in [5.74, 6) is 0.536. The van der Waals surface area contributed by atoms with Crippen LogP contribution in [0.15, 0.2) is 12.5 Å². The molecule has 1 unspecified atom stereocenters. The van der Waals surface area contributed by atoms with Gasteiger partial charge in [-0.25, -0.2) is 0 Å². The van der Waals surface area contributed by atoms with Crippen LogP contribution in [0.25, 0.3) is 0 Å². The predicted octanol–water partition coefficient (Wildman–Crippen LogP) is 2.60. The van der Waals surface area contributed by atoms with E-state index in [1.165, 1.54) is 12.5 Å². The number of imidazole rings is 1. The first-order valence-corrected chi connectivity index (χ1v) is 5.97. The van der Waals surface area contributed by atoms with E-state index in [1.807, 2.05) is 0 Å². The van der Waals surface area contributed by atoms with E-state index < -0.39 is 4.92 Å². The van der Waals surface area contributed by atoms with Crippen molar-refractivity contribution in [3.8, 4) is 0 Å². The highest BCUT2D eigenvalue weighted by Gasteiger charge is 2.10. The molecule has 1 heterocycles. The summed E-state index contributed by atoms with van der Waals surface area (Å²) in [6.45, 7) is 2.96. The van der Waals surface area contributed by atoms with Crippen molar-refractivity contribution in [2.45, 2.75) is 26.3 Å². The fraction of sp³-hybridized carbons (Fsp3) is 0.667. The minimum absolute atomic E-state index is 0.0804. The number of aryl methyl sites for hydroxylation is 1. The van der Waals surface area contributed by atoms with Crippen molar-refractivity contribution in [1.82, 2.24) is 9.55 Å². The lowest BCUT2D eigenvalue weighted by molar-refractivity contribution is -0.389. The first-order chi connectivity index (χ1) is 7.13. The maximum Gasteiger partial charge on any atom is 0.381 e. The maximum atomic E-state index is 10.4. The van der Waals surface area contributed by atoms with Gasteiger partial charge in [0.2, 0.25) is 6.33 Å². The Kier molecular flexibility index (Phi) is 4.74. The van der Waals surface area contributed by atoms with Crippen molar-refractivity contribution in [3.05, 3.63) is 22.6 Å². The zero-order valence-electron chi connectivity index (χ0n) is 8.60. The summed E-state index contributed by atoms with van der Waals surface area (Å²) in [6, 6.07) is 0. The molecule has 1 rings (SSSR count). The molecule has 0 N–H and O–H groups in total. The Morgan fingerprint density at radius 1 is 1.67 bits per heavy atom. The molecule has 1 aromatic heterocycles. The van der Waals surface area contributed by atoms with Crippen molar-refractivity contribution in [2.75, 3.05) is 5.33 Å². The quantitative estimate of drug-likeness (QED) is 0.456. The first kappa shape index (κ1) is 12.2. The number of hydrogen-bond acceptors (Lipinski definition) is 3. The summed E-state index contributed by atoms with van der Waals surface area (Å²) in [6.07, 6.45) is 5.12. The molecule has 6 heteroatoms. The molecule has 15 heavy (non-hydrogen) atoms. The zero-order valence-corrected chi connectivity index (χ0v) is 10.2. The first-order valence-electron chi connectivity index (χ1n) is 4.85. The molecule has 0 fully saturated rings. The van der Waals surface area contributed by atoms with Crippen LogP contribution in [0.3, 0.4) is 0 Å². The summed E-state index contributed by atoms with van der Waals surface area (Å²) >= 11 is 3.39. The Morgan fingerprint density at radius 2 is 2.40 bits per heavy atom. The summed E-state index contributed by atoms with van der Waals surface area (Å²) in [7, 11) is 0. The standard InChI is InChI=1S/C9H14BrN3O2/c1-8(2-4-10)3-5-12-6-9(11-7-12)13(14)15/h6-8H,2-5H2,1H3. The van der Waals surface area contributed by atoms with Gasteiger partial charge in [0.15, 0.2) is 0 Å². The second-order valence-electron chi connectivity index (χ2n) is 3.60. The van der Waals surface area contributed by atoms with Gasteiger partial charge < -0.3 is 14.7 Å². The Morgan fingerprint density at radius 3 is 2.93 bits per heavy atom. The van der Waals surface area contributed by atoms with Gasteiger partial charge >= 0.3 is 5.82 Å². The van der Waals surface area contributed by atoms with E-state index in [-0.39, 0.29) is 5.82 Å². The maximum absolute atomic E-state index is 10.4. The normalized spacial score (nSPS) is 12.7. The second kappa shape index (κ2) is 5.85.